The highest BCUT2D eigenvalue weighted by molar-refractivity contribution is 7.11. The number of hydrogen-bond donors (Lipinski definition) is 1. The number of rotatable bonds is 4. The quantitative estimate of drug-likeness (QED) is 0.757. The van der Waals surface area contributed by atoms with Crippen molar-refractivity contribution < 1.29 is 9.21 Å². The molecule has 2 heterocycles. The fourth-order valence-electron chi connectivity index (χ4n) is 3.01. The number of aromatic nitrogens is 1. The topological polar surface area (TPSA) is 55.1 Å². The van der Waals surface area contributed by atoms with Crippen LogP contribution in [0.15, 0.2) is 22.8 Å². The van der Waals surface area contributed by atoms with Crippen molar-refractivity contribution in [2.45, 2.75) is 47.1 Å². The molecule has 3 aromatic rings. The average Bonchev–Trinajstić information content (AvgIpc) is 3.06. The van der Waals surface area contributed by atoms with Crippen LogP contribution < -0.4 is 5.32 Å². The summed E-state index contributed by atoms with van der Waals surface area (Å²) in [6.45, 7) is 10.1. The van der Waals surface area contributed by atoms with Gasteiger partial charge in [-0.2, -0.15) is 0 Å². The first kappa shape index (κ1) is 16.7. The fourth-order valence-corrected chi connectivity index (χ4v) is 3.93. The van der Waals surface area contributed by atoms with Crippen molar-refractivity contribution in [1.82, 2.24) is 10.3 Å². The van der Waals surface area contributed by atoms with Gasteiger partial charge in [-0.3, -0.25) is 4.79 Å². The number of furan rings is 1. The molecule has 24 heavy (non-hydrogen) atoms. The third-order valence-corrected chi connectivity index (χ3v) is 5.66. The summed E-state index contributed by atoms with van der Waals surface area (Å²) in [6.07, 6.45) is 2.01. The molecule has 1 aromatic carbocycles. The second-order valence-electron chi connectivity index (χ2n) is 6.29. The molecule has 126 valence electrons. The van der Waals surface area contributed by atoms with Crippen molar-refractivity contribution in [2.24, 2.45) is 0 Å². The number of fused-ring (bicyclic) bond motifs is 1. The van der Waals surface area contributed by atoms with Gasteiger partial charge in [0.2, 0.25) is 5.91 Å². The first-order chi connectivity index (χ1) is 11.4. The number of carbonyl (C=O) groups is 1. The van der Waals surface area contributed by atoms with E-state index in [1.165, 1.54) is 5.56 Å². The maximum Gasteiger partial charge on any atom is 0.225 e. The predicted octanol–water partition coefficient (Wildman–Crippen LogP) is 4.54. The van der Waals surface area contributed by atoms with Crippen LogP contribution in [-0.2, 0) is 11.2 Å². The zero-order chi connectivity index (χ0) is 17.4. The standard InChI is InChI=1S/C19H22N2O2S/c1-10-6-7-16-15(9-23-18(16)11(10)2)8-17(22)21-13(4)19-12(3)20-14(5)24-19/h6-7,9,13H,8H2,1-5H3,(H,21,22)/t13-/m1/s1. The van der Waals surface area contributed by atoms with E-state index in [0.717, 1.165) is 37.7 Å². The number of carbonyl (C=O) groups excluding carboxylic acids is 1. The maximum atomic E-state index is 12.4. The molecule has 0 aliphatic heterocycles. The van der Waals surface area contributed by atoms with Gasteiger partial charge in [-0.05, 0) is 45.7 Å². The lowest BCUT2D eigenvalue weighted by atomic mass is 10.0. The lowest BCUT2D eigenvalue weighted by Crippen LogP contribution is -2.27. The Morgan fingerprint density at radius 3 is 2.71 bits per heavy atom. The van der Waals surface area contributed by atoms with E-state index >= 15 is 0 Å². The van der Waals surface area contributed by atoms with Crippen LogP contribution in [0.5, 0.6) is 0 Å². The summed E-state index contributed by atoms with van der Waals surface area (Å²) in [7, 11) is 0. The minimum absolute atomic E-state index is 0.00567. The molecule has 0 spiro atoms. The normalized spacial score (nSPS) is 12.5. The molecule has 0 unspecified atom stereocenters. The lowest BCUT2D eigenvalue weighted by molar-refractivity contribution is -0.121. The van der Waals surface area contributed by atoms with Gasteiger partial charge in [0.15, 0.2) is 0 Å². The Morgan fingerprint density at radius 1 is 1.29 bits per heavy atom. The van der Waals surface area contributed by atoms with E-state index in [2.05, 4.69) is 23.3 Å². The second-order valence-corrected chi connectivity index (χ2v) is 7.53. The molecule has 0 bridgehead atoms. The molecule has 2 aromatic heterocycles. The summed E-state index contributed by atoms with van der Waals surface area (Å²) >= 11 is 1.63. The zero-order valence-electron chi connectivity index (χ0n) is 14.7. The predicted molar refractivity (Wildman–Crippen MR) is 97.5 cm³/mol. The van der Waals surface area contributed by atoms with Gasteiger partial charge in [0.1, 0.15) is 5.58 Å². The van der Waals surface area contributed by atoms with Gasteiger partial charge in [-0.1, -0.05) is 12.1 Å². The Bertz CT molecular complexity index is 908. The Morgan fingerprint density at radius 2 is 2.04 bits per heavy atom. The molecule has 1 atom stereocenters. The van der Waals surface area contributed by atoms with Crippen molar-refractivity contribution in [3.63, 3.8) is 0 Å². The van der Waals surface area contributed by atoms with E-state index in [0.29, 0.717) is 6.42 Å². The molecule has 0 aliphatic rings. The van der Waals surface area contributed by atoms with Gasteiger partial charge in [-0.25, -0.2) is 4.98 Å². The Labute approximate surface area is 145 Å². The van der Waals surface area contributed by atoms with E-state index in [-0.39, 0.29) is 11.9 Å². The summed E-state index contributed by atoms with van der Waals surface area (Å²) in [5.74, 6) is -0.00567. The summed E-state index contributed by atoms with van der Waals surface area (Å²) in [5, 5.41) is 5.11. The van der Waals surface area contributed by atoms with Gasteiger partial charge in [0.05, 0.1) is 29.4 Å². The number of nitrogens with one attached hydrogen (secondary N) is 1. The number of nitrogens with zero attached hydrogens (tertiary/aromatic N) is 1. The molecule has 0 saturated heterocycles. The number of hydrogen-bond acceptors (Lipinski definition) is 4. The third-order valence-electron chi connectivity index (χ3n) is 4.40. The molecular weight excluding hydrogens is 320 g/mol. The van der Waals surface area contributed by atoms with Gasteiger partial charge >= 0.3 is 0 Å². The van der Waals surface area contributed by atoms with E-state index < -0.39 is 0 Å². The summed E-state index contributed by atoms with van der Waals surface area (Å²) in [6, 6.07) is 4.07. The Kier molecular flexibility index (Phi) is 4.45. The van der Waals surface area contributed by atoms with Crippen molar-refractivity contribution in [1.29, 1.82) is 0 Å². The molecule has 5 heteroatoms. The van der Waals surface area contributed by atoms with Crippen LogP contribution in [0.1, 0.15) is 45.2 Å². The highest BCUT2D eigenvalue weighted by Crippen LogP contribution is 2.27. The molecule has 0 saturated carbocycles. The zero-order valence-corrected chi connectivity index (χ0v) is 15.5. The van der Waals surface area contributed by atoms with Crippen molar-refractivity contribution >= 4 is 28.2 Å². The molecule has 0 radical (unpaired) electrons. The van der Waals surface area contributed by atoms with Gasteiger partial charge in [-0.15, -0.1) is 11.3 Å². The first-order valence-corrected chi connectivity index (χ1v) is 8.88. The SMILES string of the molecule is Cc1nc(C)c([C@@H](C)NC(=O)Cc2coc3c(C)c(C)ccc23)s1. The molecule has 1 N–H and O–H groups in total. The lowest BCUT2D eigenvalue weighted by Gasteiger charge is -2.12. The number of benzene rings is 1. The molecule has 0 aliphatic carbocycles. The summed E-state index contributed by atoms with van der Waals surface area (Å²) in [5.41, 5.74) is 5.11. The van der Waals surface area contributed by atoms with Gasteiger partial charge in [0, 0.05) is 15.8 Å². The fraction of sp³-hybridized carbons (Fsp3) is 0.368. The van der Waals surface area contributed by atoms with E-state index in [1.54, 1.807) is 17.6 Å². The second kappa shape index (κ2) is 6.40. The monoisotopic (exact) mass is 342 g/mol. The van der Waals surface area contributed by atoms with Crippen LogP contribution in [-0.4, -0.2) is 10.9 Å². The minimum Gasteiger partial charge on any atom is -0.464 e. The number of amides is 1. The first-order valence-electron chi connectivity index (χ1n) is 8.06. The molecule has 0 fully saturated rings. The minimum atomic E-state index is -0.0363. The van der Waals surface area contributed by atoms with Crippen LogP contribution in [0.25, 0.3) is 11.0 Å². The van der Waals surface area contributed by atoms with Crippen LogP contribution in [0, 0.1) is 27.7 Å². The number of aryl methyl sites for hydroxylation is 4. The Balaban J connectivity index is 1.76. The van der Waals surface area contributed by atoms with Crippen LogP contribution >= 0.6 is 11.3 Å². The van der Waals surface area contributed by atoms with Gasteiger partial charge in [0.25, 0.3) is 0 Å². The van der Waals surface area contributed by atoms with E-state index in [9.17, 15) is 4.79 Å². The highest BCUT2D eigenvalue weighted by Gasteiger charge is 2.17. The smallest absolute Gasteiger partial charge is 0.225 e. The maximum absolute atomic E-state index is 12.4. The molecule has 3 rings (SSSR count). The van der Waals surface area contributed by atoms with Crippen molar-refractivity contribution in [2.75, 3.05) is 0 Å². The van der Waals surface area contributed by atoms with Crippen LogP contribution in [0.3, 0.4) is 0 Å². The van der Waals surface area contributed by atoms with Gasteiger partial charge < -0.3 is 9.73 Å². The van der Waals surface area contributed by atoms with E-state index in [1.807, 2.05) is 33.8 Å². The molecule has 4 nitrogen and oxygen atoms in total. The molecule has 1 amide bonds. The largest absolute Gasteiger partial charge is 0.464 e. The van der Waals surface area contributed by atoms with Crippen LogP contribution in [0.4, 0.5) is 0 Å². The van der Waals surface area contributed by atoms with E-state index in [4.69, 9.17) is 4.42 Å². The van der Waals surface area contributed by atoms with Crippen molar-refractivity contribution in [3.05, 3.63) is 50.7 Å². The summed E-state index contributed by atoms with van der Waals surface area (Å²) in [4.78, 5) is 18.0. The Hall–Kier alpha value is -2.14. The van der Waals surface area contributed by atoms with Crippen LogP contribution in [0.2, 0.25) is 0 Å². The van der Waals surface area contributed by atoms with Crippen molar-refractivity contribution in [3.8, 4) is 0 Å². The summed E-state index contributed by atoms with van der Waals surface area (Å²) < 4.78 is 5.69. The highest BCUT2D eigenvalue weighted by atomic mass is 32.1. The third kappa shape index (κ3) is 3.08. The average molecular weight is 342 g/mol. The molecular formula is C19H22N2O2S. The number of thiazole rings is 1.